The van der Waals surface area contributed by atoms with E-state index in [1.165, 1.54) is 129 Å². The van der Waals surface area contributed by atoms with Crippen LogP contribution < -0.4 is 31.1 Å². The van der Waals surface area contributed by atoms with E-state index in [-0.39, 0.29) is 33.9 Å². The Hall–Kier alpha value is -5.78. The maximum atomic E-state index is 2.78. The zero-order valence-electron chi connectivity index (χ0n) is 42.4. The summed E-state index contributed by atoms with van der Waals surface area (Å²) in [4.78, 5) is 8.07. The molecule has 5 heteroatoms. The first kappa shape index (κ1) is 43.5. The van der Waals surface area contributed by atoms with E-state index in [2.05, 4.69) is 231 Å². The van der Waals surface area contributed by atoms with Crippen molar-refractivity contribution in [2.24, 2.45) is 0 Å². The van der Waals surface area contributed by atoms with Crippen LogP contribution in [0, 0.1) is 6.92 Å². The minimum Gasteiger partial charge on any atom is -0.334 e. The minimum atomic E-state index is -0.0689. The molecule has 8 aromatic rings. The topological polar surface area (TPSA) is 9.72 Å². The van der Waals surface area contributed by atoms with Gasteiger partial charge in [0, 0.05) is 60.7 Å². The van der Waals surface area contributed by atoms with Crippen LogP contribution >= 0.6 is 11.3 Å². The predicted octanol–water partition coefficient (Wildman–Crippen LogP) is 16.1. The van der Waals surface area contributed by atoms with Gasteiger partial charge in [-0.3, -0.25) is 0 Å². The van der Waals surface area contributed by atoms with Gasteiger partial charge >= 0.3 is 0 Å². The molecule has 1 aromatic heterocycles. The summed E-state index contributed by atoms with van der Waals surface area (Å²) in [6, 6.07) is 52.7. The Balaban J connectivity index is 1.15. The SMILES string of the molecule is Cc1cc2c3c(c1)N(c1cccc4c1sc1ccccc14)c1cc(C(C)(C)C)ccc1B3c1ccc(N3c4ccc(C(C)(C)C)cc4C4(C)CCCCC34C)cc1N2c1cccc(C(C)(C)C)c1. The highest BCUT2D eigenvalue weighted by molar-refractivity contribution is 7.26. The summed E-state index contributed by atoms with van der Waals surface area (Å²) < 4.78 is 2.65. The molecule has 0 N–H and O–H groups in total. The summed E-state index contributed by atoms with van der Waals surface area (Å²) in [5, 5.41) is 2.64. The van der Waals surface area contributed by atoms with Gasteiger partial charge in [0.1, 0.15) is 0 Å². The average molecular weight is 908 g/mol. The number of fused-ring (bicyclic) bond motifs is 10. The summed E-state index contributed by atoms with van der Waals surface area (Å²) in [6.07, 6.45) is 4.88. The average Bonchev–Trinajstić information content (AvgIpc) is 3.77. The molecule has 3 nitrogen and oxygen atoms in total. The second-order valence-electron chi connectivity index (χ2n) is 24.3. The molecule has 68 heavy (non-hydrogen) atoms. The number of nitrogens with zero attached hydrogens (tertiary/aromatic N) is 3. The number of thiophene rings is 1. The Morgan fingerprint density at radius 3 is 1.87 bits per heavy atom. The zero-order chi connectivity index (χ0) is 47.4. The second-order valence-corrected chi connectivity index (χ2v) is 25.3. The highest BCUT2D eigenvalue weighted by Gasteiger charge is 2.58. The maximum Gasteiger partial charge on any atom is 0.252 e. The lowest BCUT2D eigenvalue weighted by Gasteiger charge is -2.50. The first-order valence-corrected chi connectivity index (χ1v) is 26.1. The number of rotatable bonds is 3. The molecule has 12 rings (SSSR count). The van der Waals surface area contributed by atoms with Gasteiger partial charge in [0.2, 0.25) is 0 Å². The molecule has 0 bridgehead atoms. The number of hydrogen-bond acceptors (Lipinski definition) is 4. The van der Waals surface area contributed by atoms with Crippen LogP contribution in [0.4, 0.5) is 45.5 Å². The first-order valence-electron chi connectivity index (χ1n) is 25.3. The van der Waals surface area contributed by atoms with Crippen LogP contribution in [0.2, 0.25) is 0 Å². The molecule has 7 aromatic carbocycles. The lowest BCUT2D eigenvalue weighted by Crippen LogP contribution is -2.61. The van der Waals surface area contributed by atoms with Crippen LogP contribution in [0.1, 0.15) is 130 Å². The number of aryl methyl sites for hydroxylation is 1. The summed E-state index contributed by atoms with van der Waals surface area (Å²) in [5.74, 6) is 0. The van der Waals surface area contributed by atoms with Gasteiger partial charge in [-0.15, -0.1) is 11.3 Å². The Bertz CT molecular complexity index is 3390. The van der Waals surface area contributed by atoms with Crippen molar-refractivity contribution < 1.29 is 0 Å². The fourth-order valence-electron chi connectivity index (χ4n) is 12.9. The Morgan fingerprint density at radius 2 is 1.12 bits per heavy atom. The number of hydrogen-bond donors (Lipinski definition) is 0. The van der Waals surface area contributed by atoms with E-state index in [4.69, 9.17) is 0 Å². The lowest BCUT2D eigenvalue weighted by molar-refractivity contribution is 0.195. The van der Waals surface area contributed by atoms with Crippen LogP contribution in [0.5, 0.6) is 0 Å². The van der Waals surface area contributed by atoms with Crippen LogP contribution in [-0.2, 0) is 21.7 Å². The molecule has 0 amide bonds. The molecule has 4 heterocycles. The summed E-state index contributed by atoms with van der Waals surface area (Å²) in [6.45, 7) is 28.6. The molecular formula is C63H66BN3S. The van der Waals surface area contributed by atoms with E-state index in [1.807, 2.05) is 11.3 Å². The van der Waals surface area contributed by atoms with Crippen molar-refractivity contribution in [1.29, 1.82) is 0 Å². The van der Waals surface area contributed by atoms with Crippen molar-refractivity contribution in [3.05, 3.63) is 161 Å². The third-order valence-electron chi connectivity index (χ3n) is 16.9. The summed E-state index contributed by atoms with van der Waals surface area (Å²) in [5.41, 5.74) is 21.2. The number of anilines is 8. The normalized spacial score (nSPS) is 19.8. The van der Waals surface area contributed by atoms with Gasteiger partial charge in [0.25, 0.3) is 6.71 Å². The fraction of sp³-hybridized carbons (Fsp3) is 0.333. The maximum absolute atomic E-state index is 2.78. The molecule has 342 valence electrons. The highest BCUT2D eigenvalue weighted by atomic mass is 32.1. The van der Waals surface area contributed by atoms with Gasteiger partial charge in [-0.25, -0.2) is 0 Å². The van der Waals surface area contributed by atoms with E-state index >= 15 is 0 Å². The van der Waals surface area contributed by atoms with Crippen molar-refractivity contribution >= 4 is 100 Å². The van der Waals surface area contributed by atoms with Crippen molar-refractivity contribution in [2.75, 3.05) is 14.7 Å². The molecule has 4 aliphatic rings. The largest absolute Gasteiger partial charge is 0.334 e. The van der Waals surface area contributed by atoms with Crippen molar-refractivity contribution in [2.45, 2.75) is 136 Å². The smallest absolute Gasteiger partial charge is 0.252 e. The molecule has 2 unspecified atom stereocenters. The molecular weight excluding hydrogens is 842 g/mol. The van der Waals surface area contributed by atoms with E-state index in [0.717, 1.165) is 6.42 Å². The van der Waals surface area contributed by atoms with E-state index in [9.17, 15) is 0 Å². The summed E-state index contributed by atoms with van der Waals surface area (Å²) >= 11 is 1.92. The Morgan fingerprint density at radius 1 is 0.500 bits per heavy atom. The van der Waals surface area contributed by atoms with Crippen molar-refractivity contribution in [3.63, 3.8) is 0 Å². The van der Waals surface area contributed by atoms with E-state index in [0.29, 0.717) is 0 Å². The molecule has 2 atom stereocenters. The molecule has 3 aliphatic heterocycles. The molecule has 1 aliphatic carbocycles. The third-order valence-corrected chi connectivity index (χ3v) is 18.1. The quantitative estimate of drug-likeness (QED) is 0.164. The lowest BCUT2D eigenvalue weighted by atomic mass is 9.33. The minimum absolute atomic E-state index is 0.0142. The van der Waals surface area contributed by atoms with Crippen LogP contribution in [0.15, 0.2) is 133 Å². The predicted molar refractivity (Wildman–Crippen MR) is 297 cm³/mol. The zero-order valence-corrected chi connectivity index (χ0v) is 43.2. The standard InChI is InChI=1S/C63H66BN3S/c1-39-33-54-57-55(34-39)66(51-23-18-22-46-45-21-13-14-24-56(45)68-58(46)51)52-37-42(61(8,9)10)25-28-48(52)64(57)49-29-27-44(38-53(49)65(54)43-20-17-19-40(35-43)59(2,3)4)67-50-30-26-41(60(5,6)7)36-47(50)62(11)31-15-16-32-63(62,67)12/h13-14,17-30,33-38H,15-16,31-32H2,1-12H3. The van der Waals surface area contributed by atoms with Crippen LogP contribution in [0.25, 0.3) is 20.2 Å². The van der Waals surface area contributed by atoms with Crippen LogP contribution in [-0.4, -0.2) is 12.3 Å². The molecule has 1 fully saturated rings. The van der Waals surface area contributed by atoms with E-state index < -0.39 is 0 Å². The van der Waals surface area contributed by atoms with Crippen molar-refractivity contribution in [1.82, 2.24) is 0 Å². The van der Waals surface area contributed by atoms with E-state index in [1.54, 1.807) is 0 Å². The van der Waals surface area contributed by atoms with Gasteiger partial charge in [-0.05, 0) is 148 Å². The monoisotopic (exact) mass is 908 g/mol. The molecule has 0 radical (unpaired) electrons. The highest BCUT2D eigenvalue weighted by Crippen LogP contribution is 2.62. The van der Waals surface area contributed by atoms with Gasteiger partial charge in [0.05, 0.1) is 15.9 Å². The van der Waals surface area contributed by atoms with Crippen molar-refractivity contribution in [3.8, 4) is 0 Å². The third kappa shape index (κ3) is 6.22. The first-order chi connectivity index (χ1) is 32.3. The second kappa shape index (κ2) is 14.6. The van der Waals surface area contributed by atoms with Gasteiger partial charge in [-0.2, -0.15) is 0 Å². The molecule has 1 saturated carbocycles. The molecule has 0 saturated heterocycles. The van der Waals surface area contributed by atoms with Crippen LogP contribution in [0.3, 0.4) is 0 Å². The Labute approximate surface area is 409 Å². The summed E-state index contributed by atoms with van der Waals surface area (Å²) in [7, 11) is 0. The van der Waals surface area contributed by atoms with Gasteiger partial charge in [0.15, 0.2) is 0 Å². The number of benzene rings is 7. The Kier molecular flexibility index (Phi) is 9.36. The van der Waals surface area contributed by atoms with Gasteiger partial charge in [-0.1, -0.05) is 155 Å². The molecule has 0 spiro atoms. The fourth-order valence-corrected chi connectivity index (χ4v) is 14.1. The van der Waals surface area contributed by atoms with Gasteiger partial charge < -0.3 is 14.7 Å².